The van der Waals surface area contributed by atoms with E-state index in [4.69, 9.17) is 4.74 Å². The highest BCUT2D eigenvalue weighted by atomic mass is 16.5. The van der Waals surface area contributed by atoms with E-state index < -0.39 is 23.2 Å². The van der Waals surface area contributed by atoms with Gasteiger partial charge in [-0.15, -0.1) is 0 Å². The Bertz CT molecular complexity index is 765. The van der Waals surface area contributed by atoms with Gasteiger partial charge in [0.1, 0.15) is 11.7 Å². The predicted molar refractivity (Wildman–Crippen MR) is 130 cm³/mol. The van der Waals surface area contributed by atoms with Crippen LogP contribution in [0.3, 0.4) is 0 Å². The Hall–Kier alpha value is -0.450. The van der Waals surface area contributed by atoms with E-state index in [2.05, 4.69) is 34.6 Å². The Labute approximate surface area is 201 Å². The van der Waals surface area contributed by atoms with Gasteiger partial charge in [-0.1, -0.05) is 47.5 Å². The van der Waals surface area contributed by atoms with Gasteiger partial charge in [0, 0.05) is 11.8 Å². The number of rotatable bonds is 6. The first-order valence-electron chi connectivity index (χ1n) is 14.2. The molecule has 33 heavy (non-hydrogen) atoms. The van der Waals surface area contributed by atoms with Crippen LogP contribution in [-0.4, -0.2) is 40.4 Å². The third-order valence-electron chi connectivity index (χ3n) is 12.1. The molecule has 0 aromatic carbocycles. The van der Waals surface area contributed by atoms with Crippen molar-refractivity contribution in [1.82, 2.24) is 0 Å². The van der Waals surface area contributed by atoms with Gasteiger partial charge in [-0.2, -0.15) is 0 Å². The molecule has 188 valence electrons. The Morgan fingerprint density at radius 1 is 1.06 bits per heavy atom. The summed E-state index contributed by atoms with van der Waals surface area (Å²) in [4.78, 5) is 13.6. The van der Waals surface area contributed by atoms with Crippen LogP contribution in [0.5, 0.6) is 0 Å². The number of carbonyl (C=O) groups excluding carboxylic acids is 1. The zero-order valence-corrected chi connectivity index (χ0v) is 21.7. The maximum atomic E-state index is 13.6. The fourth-order valence-corrected chi connectivity index (χ4v) is 10.2. The Morgan fingerprint density at radius 2 is 1.82 bits per heavy atom. The van der Waals surface area contributed by atoms with Crippen molar-refractivity contribution in [2.45, 2.75) is 117 Å². The molecule has 6 rings (SSSR count). The molecular formula is C29H48O4. The maximum Gasteiger partial charge on any atom is 0.194 e. The summed E-state index contributed by atoms with van der Waals surface area (Å²) in [5.41, 5.74) is -1.57. The summed E-state index contributed by atoms with van der Waals surface area (Å²) in [6, 6.07) is 0. The first-order valence-corrected chi connectivity index (χ1v) is 14.2. The van der Waals surface area contributed by atoms with Gasteiger partial charge in [0.2, 0.25) is 0 Å². The molecule has 0 amide bonds. The topological polar surface area (TPSA) is 66.8 Å². The number of carbonyl (C=O) groups is 1. The van der Waals surface area contributed by atoms with Crippen molar-refractivity contribution in [3.8, 4) is 0 Å². The SMILES string of the molecule is CC[C@H](CC[C@@H](C)[C@H]1CC[C@H]2[C@@H]3[C@H]4OC[C@@]5(CC[C@H](O)C[C@]5(O)C4=O)[C@H]3CC[C@]12C)C(C)C. The number of ether oxygens (including phenoxy) is 1. The average Bonchev–Trinajstić information content (AvgIpc) is 3.13. The number of hydrogen-bond acceptors (Lipinski definition) is 4. The van der Waals surface area contributed by atoms with Crippen LogP contribution in [0, 0.1) is 52.3 Å². The van der Waals surface area contributed by atoms with Gasteiger partial charge in [-0.05, 0) is 91.8 Å². The number of ketones is 1. The van der Waals surface area contributed by atoms with Crippen LogP contribution < -0.4 is 0 Å². The molecule has 2 saturated heterocycles. The third kappa shape index (κ3) is 3.29. The molecule has 6 aliphatic rings. The molecule has 2 aliphatic heterocycles. The van der Waals surface area contributed by atoms with Crippen LogP contribution in [0.4, 0.5) is 0 Å². The Balaban J connectivity index is 1.38. The zero-order chi connectivity index (χ0) is 23.8. The Morgan fingerprint density at radius 3 is 2.52 bits per heavy atom. The molecule has 6 fully saturated rings. The van der Waals surface area contributed by atoms with Crippen LogP contribution in [-0.2, 0) is 9.53 Å². The highest BCUT2D eigenvalue weighted by Crippen LogP contribution is 2.70. The molecule has 4 aliphatic carbocycles. The quantitative estimate of drug-likeness (QED) is 0.558. The van der Waals surface area contributed by atoms with E-state index in [-0.39, 0.29) is 23.5 Å². The van der Waals surface area contributed by atoms with Crippen molar-refractivity contribution < 1.29 is 19.7 Å². The van der Waals surface area contributed by atoms with Crippen molar-refractivity contribution in [2.75, 3.05) is 6.61 Å². The van der Waals surface area contributed by atoms with Crippen LogP contribution in [0.25, 0.3) is 0 Å². The molecule has 0 radical (unpaired) electrons. The van der Waals surface area contributed by atoms with Crippen LogP contribution in [0.2, 0.25) is 0 Å². The molecular weight excluding hydrogens is 412 g/mol. The molecule has 0 unspecified atom stereocenters. The average molecular weight is 461 g/mol. The van der Waals surface area contributed by atoms with E-state index in [0.29, 0.717) is 24.9 Å². The number of aliphatic hydroxyl groups excluding tert-OH is 1. The molecule has 2 heterocycles. The van der Waals surface area contributed by atoms with Gasteiger partial charge in [0.25, 0.3) is 0 Å². The minimum absolute atomic E-state index is 0.0998. The smallest absolute Gasteiger partial charge is 0.194 e. The van der Waals surface area contributed by atoms with E-state index in [1.165, 1.54) is 38.5 Å². The van der Waals surface area contributed by atoms with Gasteiger partial charge in [0.15, 0.2) is 5.78 Å². The predicted octanol–water partition coefficient (Wildman–Crippen LogP) is 5.39. The second-order valence-electron chi connectivity index (χ2n) is 13.5. The molecule has 0 aromatic heterocycles. The van der Waals surface area contributed by atoms with Crippen molar-refractivity contribution in [3.05, 3.63) is 0 Å². The largest absolute Gasteiger partial charge is 0.393 e. The number of hydrogen-bond donors (Lipinski definition) is 2. The second-order valence-corrected chi connectivity index (χ2v) is 13.5. The highest BCUT2D eigenvalue weighted by molar-refractivity contribution is 5.94. The molecule has 4 nitrogen and oxygen atoms in total. The number of aliphatic hydroxyl groups is 2. The Kier molecular flexibility index (Phi) is 6.10. The lowest BCUT2D eigenvalue weighted by Crippen LogP contribution is -2.77. The molecule has 2 N–H and O–H groups in total. The summed E-state index contributed by atoms with van der Waals surface area (Å²) in [5.74, 6) is 4.09. The normalized spacial score (nSPS) is 50.6. The van der Waals surface area contributed by atoms with Crippen LogP contribution in [0.1, 0.15) is 98.8 Å². The van der Waals surface area contributed by atoms with Crippen molar-refractivity contribution in [1.29, 1.82) is 0 Å². The lowest BCUT2D eigenvalue weighted by Gasteiger charge is -2.68. The van der Waals surface area contributed by atoms with E-state index in [1.54, 1.807) is 0 Å². The highest BCUT2D eigenvalue weighted by Gasteiger charge is 2.75. The molecule has 1 spiro atoms. The molecule has 4 heteroatoms. The summed E-state index contributed by atoms with van der Waals surface area (Å²) in [6.45, 7) is 12.6. The van der Waals surface area contributed by atoms with Gasteiger partial charge in [-0.25, -0.2) is 0 Å². The van der Waals surface area contributed by atoms with Crippen LogP contribution >= 0.6 is 0 Å². The van der Waals surface area contributed by atoms with Crippen LogP contribution in [0.15, 0.2) is 0 Å². The van der Waals surface area contributed by atoms with Gasteiger partial charge in [0.05, 0.1) is 12.7 Å². The molecule has 0 aromatic rings. The lowest BCUT2D eigenvalue weighted by atomic mass is 9.40. The summed E-state index contributed by atoms with van der Waals surface area (Å²) >= 11 is 0. The van der Waals surface area contributed by atoms with E-state index >= 15 is 0 Å². The van der Waals surface area contributed by atoms with E-state index in [1.807, 2.05) is 0 Å². The van der Waals surface area contributed by atoms with E-state index in [9.17, 15) is 15.0 Å². The fraction of sp³-hybridized carbons (Fsp3) is 0.966. The number of Topliss-reactive ketones (excluding diaryl/α,β-unsaturated/α-hetero) is 1. The first kappa shape index (κ1) is 24.3. The lowest BCUT2D eigenvalue weighted by molar-refractivity contribution is -0.295. The molecule has 2 bridgehead atoms. The van der Waals surface area contributed by atoms with Gasteiger partial charge in [-0.3, -0.25) is 4.79 Å². The molecule has 11 atom stereocenters. The second kappa shape index (κ2) is 8.30. The summed E-state index contributed by atoms with van der Waals surface area (Å²) in [6.07, 6.45) is 9.34. The van der Waals surface area contributed by atoms with Crippen molar-refractivity contribution in [3.63, 3.8) is 0 Å². The summed E-state index contributed by atoms with van der Waals surface area (Å²) in [5, 5.41) is 22.0. The zero-order valence-electron chi connectivity index (χ0n) is 21.7. The minimum Gasteiger partial charge on any atom is -0.393 e. The van der Waals surface area contributed by atoms with Gasteiger partial charge < -0.3 is 14.9 Å². The van der Waals surface area contributed by atoms with Gasteiger partial charge >= 0.3 is 0 Å². The fourth-order valence-electron chi connectivity index (χ4n) is 10.2. The number of fused-ring (bicyclic) bond motifs is 2. The third-order valence-corrected chi connectivity index (χ3v) is 12.1. The summed E-state index contributed by atoms with van der Waals surface area (Å²) < 4.78 is 6.30. The molecule has 4 saturated carbocycles. The minimum atomic E-state index is -1.38. The standard InChI is InChI=1S/C29H48O4/c1-6-19(17(2)3)8-7-18(4)21-9-10-22-24-23(12-13-27(21,22)5)28-14-11-20(30)15-29(28,32)26(31)25(24)33-16-28/h17-25,30,32H,6-16H2,1-5H3/t18-,19-,20+,21-,22+,23+,24+,25-,27-,28+,29+/m1/s1. The monoisotopic (exact) mass is 460 g/mol. The first-order chi connectivity index (χ1) is 15.6. The van der Waals surface area contributed by atoms with E-state index in [0.717, 1.165) is 36.5 Å². The van der Waals surface area contributed by atoms with Crippen molar-refractivity contribution >= 4 is 5.78 Å². The van der Waals surface area contributed by atoms with Crippen molar-refractivity contribution in [2.24, 2.45) is 52.3 Å². The maximum absolute atomic E-state index is 13.6. The summed E-state index contributed by atoms with van der Waals surface area (Å²) in [7, 11) is 0.